The Morgan fingerprint density at radius 1 is 1.14 bits per heavy atom. The summed E-state index contributed by atoms with van der Waals surface area (Å²) in [6, 6.07) is 12.3. The highest BCUT2D eigenvalue weighted by Gasteiger charge is 2.43. The number of rotatable bonds is 3. The number of amides is 2. The average molecular weight is 479 g/mol. The molecule has 9 heteroatoms. The molecule has 0 spiro atoms. The molecule has 1 atom stereocenters. The molecule has 1 unspecified atom stereocenters. The van der Waals surface area contributed by atoms with Gasteiger partial charge in [-0.25, -0.2) is 8.78 Å². The molecule has 1 N–H and O–H groups in total. The van der Waals surface area contributed by atoms with Crippen LogP contribution in [0, 0.1) is 11.6 Å². The number of hydrogen-bond donors (Lipinski definition) is 1. The fraction of sp³-hybridized carbons (Fsp3) is 0.100. The van der Waals surface area contributed by atoms with Gasteiger partial charge in [-0.2, -0.15) is 5.06 Å². The molecule has 4 rings (SSSR count). The van der Waals surface area contributed by atoms with E-state index in [0.717, 1.165) is 17.0 Å². The molecule has 1 saturated heterocycles. The van der Waals surface area contributed by atoms with E-state index < -0.39 is 41.7 Å². The van der Waals surface area contributed by atoms with Crippen molar-refractivity contribution in [2.45, 2.75) is 6.17 Å². The Balaban J connectivity index is 1.74. The van der Waals surface area contributed by atoms with E-state index in [1.165, 1.54) is 11.3 Å². The third-order valence-electron chi connectivity index (χ3n) is 4.56. The minimum absolute atomic E-state index is 0.316. The summed E-state index contributed by atoms with van der Waals surface area (Å²) in [5.74, 6) is -3.84. The molecule has 148 valence electrons. The molecule has 5 nitrogen and oxygen atoms in total. The topological polar surface area (TPSA) is 60.9 Å². The number of carbonyl (C=O) groups excluding carboxylic acids is 2. The maximum absolute atomic E-state index is 14.7. The summed E-state index contributed by atoms with van der Waals surface area (Å²) in [6.45, 7) is -0.502. The zero-order valence-corrected chi connectivity index (χ0v) is 17.1. The van der Waals surface area contributed by atoms with E-state index in [2.05, 4.69) is 15.9 Å². The van der Waals surface area contributed by atoms with Gasteiger partial charge in [-0.05, 0) is 46.8 Å². The second kappa shape index (κ2) is 7.66. The molecule has 2 heterocycles. The van der Waals surface area contributed by atoms with Crippen molar-refractivity contribution in [2.24, 2.45) is 0 Å². The maximum atomic E-state index is 14.7. The molecular formula is C20H13BrF2N2O3S. The van der Waals surface area contributed by atoms with Gasteiger partial charge in [0.25, 0.3) is 11.8 Å². The maximum Gasteiger partial charge on any atom is 0.267 e. The lowest BCUT2D eigenvalue weighted by Crippen LogP contribution is -2.35. The number of carbonyl (C=O) groups is 2. The molecule has 2 amide bonds. The van der Waals surface area contributed by atoms with Crippen molar-refractivity contribution >= 4 is 39.1 Å². The Bertz CT molecular complexity index is 1080. The number of hydrogen-bond acceptors (Lipinski definition) is 4. The SMILES string of the molecule is O=C1CN(C(=O)c2c(F)cc(-c3cccs3)cc2F)C(c2cccc(Br)c2)N1O. The predicted octanol–water partition coefficient (Wildman–Crippen LogP) is 4.83. The van der Waals surface area contributed by atoms with Crippen LogP contribution in [0.1, 0.15) is 22.1 Å². The van der Waals surface area contributed by atoms with Crippen LogP contribution in [0.25, 0.3) is 10.4 Å². The van der Waals surface area contributed by atoms with E-state index in [9.17, 15) is 23.6 Å². The van der Waals surface area contributed by atoms with Crippen LogP contribution in [0.3, 0.4) is 0 Å². The lowest BCUT2D eigenvalue weighted by Gasteiger charge is -2.27. The highest BCUT2D eigenvalue weighted by atomic mass is 79.9. The summed E-state index contributed by atoms with van der Waals surface area (Å²) in [6.07, 6.45) is -1.19. The van der Waals surface area contributed by atoms with Crippen molar-refractivity contribution in [3.8, 4) is 10.4 Å². The minimum atomic E-state index is -1.19. The standard InChI is InChI=1S/C20H13BrF2N2O3S/c21-13-4-1-3-11(7-13)19-24(10-17(26)25(19)28)20(27)18-14(22)8-12(9-15(18)23)16-5-2-6-29-16/h1-9,19,28H,10H2. The van der Waals surface area contributed by atoms with Crippen LogP contribution >= 0.6 is 27.3 Å². The quantitative estimate of drug-likeness (QED) is 0.548. The molecule has 1 aliphatic rings. The van der Waals surface area contributed by atoms with Crippen LogP contribution in [0.2, 0.25) is 0 Å². The van der Waals surface area contributed by atoms with Gasteiger partial charge >= 0.3 is 0 Å². The van der Waals surface area contributed by atoms with Gasteiger partial charge in [0.1, 0.15) is 23.7 Å². The smallest absolute Gasteiger partial charge is 0.267 e. The molecule has 0 radical (unpaired) electrons. The molecule has 1 aromatic heterocycles. The van der Waals surface area contributed by atoms with Gasteiger partial charge in [0, 0.05) is 9.35 Å². The monoisotopic (exact) mass is 478 g/mol. The second-order valence-corrected chi connectivity index (χ2v) is 8.26. The second-order valence-electron chi connectivity index (χ2n) is 6.39. The third-order valence-corrected chi connectivity index (χ3v) is 5.97. The van der Waals surface area contributed by atoms with Gasteiger partial charge in [-0.1, -0.05) is 34.1 Å². The van der Waals surface area contributed by atoms with Crippen LogP contribution in [-0.4, -0.2) is 33.5 Å². The number of nitrogens with zero attached hydrogens (tertiary/aromatic N) is 2. The molecule has 1 aliphatic heterocycles. The van der Waals surface area contributed by atoms with Crippen LogP contribution in [0.15, 0.2) is 58.4 Å². The largest absolute Gasteiger partial charge is 0.302 e. The Morgan fingerprint density at radius 2 is 1.86 bits per heavy atom. The van der Waals surface area contributed by atoms with Crippen molar-refractivity contribution < 1.29 is 23.6 Å². The molecular weight excluding hydrogens is 466 g/mol. The number of thiophene rings is 1. The van der Waals surface area contributed by atoms with E-state index in [1.54, 1.807) is 41.8 Å². The average Bonchev–Trinajstić information content (AvgIpc) is 3.30. The Morgan fingerprint density at radius 3 is 2.48 bits per heavy atom. The van der Waals surface area contributed by atoms with Crippen molar-refractivity contribution in [3.05, 3.63) is 81.1 Å². The van der Waals surface area contributed by atoms with Crippen molar-refractivity contribution in [1.29, 1.82) is 0 Å². The third kappa shape index (κ3) is 3.57. The number of halogens is 3. The van der Waals surface area contributed by atoms with Crippen LogP contribution < -0.4 is 0 Å². The molecule has 0 saturated carbocycles. The lowest BCUT2D eigenvalue weighted by atomic mass is 10.1. The van der Waals surface area contributed by atoms with Gasteiger partial charge < -0.3 is 4.90 Å². The van der Waals surface area contributed by atoms with E-state index in [4.69, 9.17) is 0 Å². The molecule has 0 aliphatic carbocycles. The summed E-state index contributed by atoms with van der Waals surface area (Å²) in [4.78, 5) is 26.6. The summed E-state index contributed by atoms with van der Waals surface area (Å²) < 4.78 is 30.1. The van der Waals surface area contributed by atoms with E-state index in [1.807, 2.05) is 0 Å². The zero-order valence-electron chi connectivity index (χ0n) is 14.7. The lowest BCUT2D eigenvalue weighted by molar-refractivity contribution is -0.168. The van der Waals surface area contributed by atoms with Gasteiger partial charge in [-0.3, -0.25) is 14.8 Å². The van der Waals surface area contributed by atoms with Gasteiger partial charge in [0.2, 0.25) is 0 Å². The van der Waals surface area contributed by atoms with Crippen LogP contribution in [0.4, 0.5) is 8.78 Å². The fourth-order valence-corrected chi connectivity index (χ4v) is 4.38. The van der Waals surface area contributed by atoms with Gasteiger partial charge in [0.05, 0.1) is 0 Å². The number of hydroxylamine groups is 2. The zero-order chi connectivity index (χ0) is 20.7. The van der Waals surface area contributed by atoms with Crippen molar-refractivity contribution in [1.82, 2.24) is 9.96 Å². The van der Waals surface area contributed by atoms with Gasteiger partial charge in [-0.15, -0.1) is 11.3 Å². The van der Waals surface area contributed by atoms with Crippen molar-refractivity contribution in [3.63, 3.8) is 0 Å². The first-order valence-corrected chi connectivity index (χ1v) is 10.1. The summed E-state index contributed by atoms with van der Waals surface area (Å²) >= 11 is 4.60. The molecule has 1 fully saturated rings. The first-order chi connectivity index (χ1) is 13.9. The predicted molar refractivity (Wildman–Crippen MR) is 106 cm³/mol. The highest BCUT2D eigenvalue weighted by Crippen LogP contribution is 2.34. The Hall–Kier alpha value is -2.62. The normalized spacial score (nSPS) is 16.6. The Kier molecular flexibility index (Phi) is 5.20. The Labute approximate surface area is 176 Å². The van der Waals surface area contributed by atoms with Crippen LogP contribution in [0.5, 0.6) is 0 Å². The van der Waals surface area contributed by atoms with Crippen molar-refractivity contribution in [2.75, 3.05) is 6.54 Å². The first kappa shape index (κ1) is 19.7. The van der Waals surface area contributed by atoms with E-state index in [-0.39, 0.29) is 0 Å². The summed E-state index contributed by atoms with van der Waals surface area (Å²) in [5.41, 5.74) is -0.0399. The molecule has 29 heavy (non-hydrogen) atoms. The van der Waals surface area contributed by atoms with E-state index >= 15 is 0 Å². The summed E-state index contributed by atoms with van der Waals surface area (Å²) in [5, 5.41) is 12.3. The first-order valence-electron chi connectivity index (χ1n) is 8.47. The molecule has 3 aromatic rings. The van der Waals surface area contributed by atoms with Gasteiger partial charge in [0.15, 0.2) is 6.17 Å². The highest BCUT2D eigenvalue weighted by molar-refractivity contribution is 9.10. The summed E-state index contributed by atoms with van der Waals surface area (Å²) in [7, 11) is 0. The molecule has 2 aromatic carbocycles. The fourth-order valence-electron chi connectivity index (χ4n) is 3.25. The van der Waals surface area contributed by atoms with Crippen LogP contribution in [-0.2, 0) is 4.79 Å². The number of benzene rings is 2. The minimum Gasteiger partial charge on any atom is -0.302 e. The van der Waals surface area contributed by atoms with E-state index in [0.29, 0.717) is 25.5 Å². The molecule has 0 bridgehead atoms.